The van der Waals surface area contributed by atoms with Crippen molar-refractivity contribution in [2.75, 3.05) is 12.4 Å². The summed E-state index contributed by atoms with van der Waals surface area (Å²) < 4.78 is 1.61. The third-order valence-corrected chi connectivity index (χ3v) is 5.06. The highest BCUT2D eigenvalue weighted by molar-refractivity contribution is 7.99. The molecule has 2 N–H and O–H groups in total. The SMILES string of the molecule is CCc1ccccc1-n1c(SCC(O)CO)nc2ccccc2c1=O. The van der Waals surface area contributed by atoms with Gasteiger partial charge in [-0.25, -0.2) is 4.98 Å². The molecule has 1 atom stereocenters. The van der Waals surface area contributed by atoms with Gasteiger partial charge in [-0.1, -0.05) is 49.0 Å². The van der Waals surface area contributed by atoms with Crippen LogP contribution in [-0.4, -0.2) is 38.2 Å². The van der Waals surface area contributed by atoms with Gasteiger partial charge in [0.2, 0.25) is 0 Å². The fraction of sp³-hybridized carbons (Fsp3) is 0.263. The largest absolute Gasteiger partial charge is 0.394 e. The molecule has 1 aromatic heterocycles. The average molecular weight is 356 g/mol. The highest BCUT2D eigenvalue weighted by Gasteiger charge is 2.16. The summed E-state index contributed by atoms with van der Waals surface area (Å²) in [7, 11) is 0. The molecular weight excluding hydrogens is 336 g/mol. The molecule has 0 bridgehead atoms. The Hall–Kier alpha value is -2.15. The number of benzene rings is 2. The van der Waals surface area contributed by atoms with Gasteiger partial charge in [-0.3, -0.25) is 9.36 Å². The van der Waals surface area contributed by atoms with Crippen LogP contribution in [0.5, 0.6) is 0 Å². The van der Waals surface area contributed by atoms with E-state index in [2.05, 4.69) is 4.98 Å². The molecule has 0 aliphatic rings. The third-order valence-electron chi connectivity index (χ3n) is 3.97. The fourth-order valence-corrected chi connectivity index (χ4v) is 3.59. The number of para-hydroxylation sites is 2. The van der Waals surface area contributed by atoms with Crippen LogP contribution in [0.3, 0.4) is 0 Å². The minimum absolute atomic E-state index is 0.132. The van der Waals surface area contributed by atoms with Crippen LogP contribution < -0.4 is 5.56 Å². The maximum Gasteiger partial charge on any atom is 0.266 e. The molecule has 2 aromatic carbocycles. The van der Waals surface area contributed by atoms with Crippen molar-refractivity contribution in [2.24, 2.45) is 0 Å². The maximum absolute atomic E-state index is 13.1. The lowest BCUT2D eigenvalue weighted by Gasteiger charge is -2.16. The summed E-state index contributed by atoms with van der Waals surface area (Å²) in [6.45, 7) is 1.72. The van der Waals surface area contributed by atoms with Crippen LogP contribution in [0.25, 0.3) is 16.6 Å². The lowest BCUT2D eigenvalue weighted by atomic mass is 10.1. The number of hydrogen-bond donors (Lipinski definition) is 2. The first-order chi connectivity index (χ1) is 12.2. The zero-order chi connectivity index (χ0) is 17.8. The van der Waals surface area contributed by atoms with Crippen molar-refractivity contribution in [1.82, 2.24) is 9.55 Å². The van der Waals surface area contributed by atoms with Crippen molar-refractivity contribution in [1.29, 1.82) is 0 Å². The summed E-state index contributed by atoms with van der Waals surface area (Å²) in [6, 6.07) is 15.0. The van der Waals surface area contributed by atoms with Gasteiger partial charge < -0.3 is 10.2 Å². The first-order valence-electron chi connectivity index (χ1n) is 8.17. The van der Waals surface area contributed by atoms with Crippen LogP contribution in [0.1, 0.15) is 12.5 Å². The van der Waals surface area contributed by atoms with E-state index < -0.39 is 6.10 Å². The predicted molar refractivity (Wildman–Crippen MR) is 101 cm³/mol. The van der Waals surface area contributed by atoms with Gasteiger partial charge in [-0.05, 0) is 30.2 Å². The van der Waals surface area contributed by atoms with E-state index in [1.165, 1.54) is 11.8 Å². The summed E-state index contributed by atoms with van der Waals surface area (Å²) in [4.78, 5) is 17.8. The number of aromatic nitrogens is 2. The van der Waals surface area contributed by atoms with Crippen LogP contribution in [0.15, 0.2) is 58.5 Å². The van der Waals surface area contributed by atoms with Gasteiger partial charge in [0, 0.05) is 5.75 Å². The zero-order valence-corrected chi connectivity index (χ0v) is 14.7. The molecule has 0 radical (unpaired) electrons. The molecule has 1 heterocycles. The highest BCUT2D eigenvalue weighted by atomic mass is 32.2. The van der Waals surface area contributed by atoms with Crippen LogP contribution >= 0.6 is 11.8 Å². The van der Waals surface area contributed by atoms with Crippen molar-refractivity contribution >= 4 is 22.7 Å². The normalized spacial score (nSPS) is 12.4. The summed E-state index contributed by atoms with van der Waals surface area (Å²) in [6.07, 6.45) is -0.0676. The molecule has 0 aliphatic heterocycles. The Kier molecular flexibility index (Phi) is 5.53. The molecule has 1 unspecified atom stereocenters. The van der Waals surface area contributed by atoms with Gasteiger partial charge in [-0.2, -0.15) is 0 Å². The fourth-order valence-electron chi connectivity index (χ4n) is 2.67. The van der Waals surface area contributed by atoms with Gasteiger partial charge in [0.1, 0.15) is 0 Å². The number of aryl methyl sites for hydroxylation is 1. The first kappa shape index (κ1) is 17.7. The standard InChI is InChI=1S/C19H20N2O3S/c1-2-13-7-3-6-10-17(13)21-18(24)15-8-4-5-9-16(15)20-19(21)25-12-14(23)11-22/h3-10,14,22-23H,2,11-12H2,1H3. The van der Waals surface area contributed by atoms with Crippen molar-refractivity contribution in [3.8, 4) is 5.69 Å². The molecule has 0 amide bonds. The molecule has 0 saturated heterocycles. The van der Waals surface area contributed by atoms with Gasteiger partial charge in [-0.15, -0.1) is 0 Å². The Balaban J connectivity index is 2.23. The summed E-state index contributed by atoms with van der Waals surface area (Å²) in [5, 5.41) is 19.8. The van der Waals surface area contributed by atoms with Gasteiger partial charge in [0.25, 0.3) is 5.56 Å². The van der Waals surface area contributed by atoms with E-state index in [0.717, 1.165) is 17.7 Å². The third kappa shape index (κ3) is 3.61. The Morgan fingerprint density at radius 3 is 2.64 bits per heavy atom. The Morgan fingerprint density at radius 2 is 1.88 bits per heavy atom. The molecule has 130 valence electrons. The van der Waals surface area contributed by atoms with E-state index in [1.807, 2.05) is 43.3 Å². The molecule has 0 aliphatic carbocycles. The monoisotopic (exact) mass is 356 g/mol. The highest BCUT2D eigenvalue weighted by Crippen LogP contribution is 2.24. The minimum Gasteiger partial charge on any atom is -0.394 e. The second kappa shape index (κ2) is 7.82. The molecule has 0 saturated carbocycles. The first-order valence-corrected chi connectivity index (χ1v) is 9.16. The number of thioether (sulfide) groups is 1. The van der Waals surface area contributed by atoms with Gasteiger partial charge in [0.15, 0.2) is 5.16 Å². The Bertz CT molecular complexity index is 939. The van der Waals surface area contributed by atoms with Crippen LogP contribution in [0.4, 0.5) is 0 Å². The van der Waals surface area contributed by atoms with Gasteiger partial charge in [0.05, 0.1) is 29.3 Å². The van der Waals surface area contributed by atoms with E-state index >= 15 is 0 Å². The second-order valence-electron chi connectivity index (χ2n) is 5.68. The topological polar surface area (TPSA) is 75.3 Å². The summed E-state index contributed by atoms with van der Waals surface area (Å²) >= 11 is 1.26. The molecule has 3 aromatic rings. The van der Waals surface area contributed by atoms with E-state index in [1.54, 1.807) is 16.7 Å². The molecule has 0 fully saturated rings. The van der Waals surface area contributed by atoms with Crippen molar-refractivity contribution < 1.29 is 10.2 Å². The molecule has 5 nitrogen and oxygen atoms in total. The number of nitrogens with zero attached hydrogens (tertiary/aromatic N) is 2. The predicted octanol–water partition coefficient (Wildman–Crippen LogP) is 2.39. The van der Waals surface area contributed by atoms with Crippen LogP contribution in [-0.2, 0) is 6.42 Å². The van der Waals surface area contributed by atoms with E-state index in [-0.39, 0.29) is 17.9 Å². The van der Waals surface area contributed by atoms with E-state index in [9.17, 15) is 9.90 Å². The number of hydrogen-bond acceptors (Lipinski definition) is 5. The van der Waals surface area contributed by atoms with E-state index in [0.29, 0.717) is 16.1 Å². The summed E-state index contributed by atoms with van der Waals surface area (Å²) in [5.74, 6) is 0.259. The lowest BCUT2D eigenvalue weighted by Crippen LogP contribution is -2.24. The molecule has 6 heteroatoms. The molecule has 25 heavy (non-hydrogen) atoms. The van der Waals surface area contributed by atoms with Crippen molar-refractivity contribution in [2.45, 2.75) is 24.6 Å². The van der Waals surface area contributed by atoms with Crippen molar-refractivity contribution in [3.05, 3.63) is 64.4 Å². The summed E-state index contributed by atoms with van der Waals surface area (Å²) in [5.41, 5.74) is 2.34. The van der Waals surface area contributed by atoms with Crippen LogP contribution in [0.2, 0.25) is 0 Å². The molecule has 3 rings (SSSR count). The van der Waals surface area contributed by atoms with Crippen LogP contribution in [0, 0.1) is 0 Å². The number of aliphatic hydroxyl groups excluding tert-OH is 2. The smallest absolute Gasteiger partial charge is 0.266 e. The number of fused-ring (bicyclic) bond motifs is 1. The van der Waals surface area contributed by atoms with Crippen molar-refractivity contribution in [3.63, 3.8) is 0 Å². The quantitative estimate of drug-likeness (QED) is 0.524. The molecular formula is C19H20N2O3S. The Labute approximate surface area is 150 Å². The maximum atomic E-state index is 13.1. The number of aliphatic hydroxyl groups is 2. The van der Waals surface area contributed by atoms with Gasteiger partial charge >= 0.3 is 0 Å². The second-order valence-corrected chi connectivity index (χ2v) is 6.67. The lowest BCUT2D eigenvalue weighted by molar-refractivity contribution is 0.113. The number of rotatable bonds is 6. The molecule has 0 spiro atoms. The Morgan fingerprint density at radius 1 is 1.16 bits per heavy atom. The minimum atomic E-state index is -0.858. The zero-order valence-electron chi connectivity index (χ0n) is 13.9. The van der Waals surface area contributed by atoms with E-state index in [4.69, 9.17) is 5.11 Å². The average Bonchev–Trinajstić information content (AvgIpc) is 2.66.